The number of nitrogens with one attached hydrogen (secondary N) is 1. The van der Waals surface area contributed by atoms with Crippen LogP contribution >= 0.6 is 0 Å². The Morgan fingerprint density at radius 2 is 1.27 bits per heavy atom. The Morgan fingerprint density at radius 1 is 0.673 bits per heavy atom. The Bertz CT molecular complexity index is 1020. The van der Waals surface area contributed by atoms with Crippen molar-refractivity contribution in [2.75, 3.05) is 19.8 Å². The highest BCUT2D eigenvalue weighted by Crippen LogP contribution is 2.29. The van der Waals surface area contributed by atoms with Crippen molar-refractivity contribution in [1.82, 2.24) is 5.32 Å². The van der Waals surface area contributed by atoms with Crippen LogP contribution in [0.15, 0.2) is 36.5 Å². The monoisotopic (exact) mass is 745 g/mol. The molecule has 0 aromatic carbocycles. The highest BCUT2D eigenvalue weighted by Gasteiger charge is 2.50. The summed E-state index contributed by atoms with van der Waals surface area (Å²) in [6.45, 7) is 2.55. The Hall–Kier alpha value is -1.79. The molecule has 12 unspecified atom stereocenters. The molecule has 14 nitrogen and oxygen atoms in total. The standard InChI is InChI=1S/C38H67NO13/c1-3-5-7-9-11-13-14-16-18-20-22-30(43)39-26(27(42)21-19-17-15-12-10-8-6-4-2)25-49-37-35(48)33(46)36(29(24-41)51-37)52-38-34(47)32(45)31(44)28(23-40)50-38/h7,9-10,12,19,21,26-29,31-38,40-42,44-48H,3-6,8,11,13-18,20,22-25H2,1-2H3,(H,39,43)/b9-7-,12-10+,21-19+. The molecular formula is C38H67NO13. The summed E-state index contributed by atoms with van der Waals surface area (Å²) in [7, 11) is 0. The van der Waals surface area contributed by atoms with E-state index in [2.05, 4.69) is 43.5 Å². The first-order valence-electron chi connectivity index (χ1n) is 19.2. The minimum atomic E-state index is -1.79. The number of ether oxygens (including phenoxy) is 4. The van der Waals surface area contributed by atoms with E-state index in [-0.39, 0.29) is 18.9 Å². The van der Waals surface area contributed by atoms with E-state index in [9.17, 15) is 45.6 Å². The van der Waals surface area contributed by atoms with Crippen LogP contribution in [0.25, 0.3) is 0 Å². The number of unbranched alkanes of at least 4 members (excludes halogenated alkanes) is 9. The van der Waals surface area contributed by atoms with Gasteiger partial charge in [-0.25, -0.2) is 0 Å². The van der Waals surface area contributed by atoms with Crippen LogP contribution in [-0.4, -0.2) is 140 Å². The number of hydrogen-bond acceptors (Lipinski definition) is 13. The first kappa shape index (κ1) is 46.4. The summed E-state index contributed by atoms with van der Waals surface area (Å²) in [6.07, 6.45) is 8.14. The predicted octanol–water partition coefficient (Wildman–Crippen LogP) is 1.64. The molecule has 2 rings (SSSR count). The van der Waals surface area contributed by atoms with Crippen molar-refractivity contribution < 1.29 is 64.6 Å². The summed E-state index contributed by atoms with van der Waals surface area (Å²) in [5, 5.41) is 85.8. The molecule has 2 fully saturated rings. The van der Waals surface area contributed by atoms with Crippen LogP contribution < -0.4 is 5.32 Å². The summed E-state index contributed by atoms with van der Waals surface area (Å²) in [5.41, 5.74) is 0. The van der Waals surface area contributed by atoms with E-state index >= 15 is 0 Å². The second-order valence-electron chi connectivity index (χ2n) is 13.7. The smallest absolute Gasteiger partial charge is 0.220 e. The first-order valence-corrected chi connectivity index (χ1v) is 19.2. The zero-order chi connectivity index (χ0) is 38.3. The normalized spacial score (nSPS) is 31.1. The van der Waals surface area contributed by atoms with Gasteiger partial charge in [-0.2, -0.15) is 0 Å². The molecule has 2 aliphatic rings. The van der Waals surface area contributed by atoms with Crippen LogP contribution in [0.3, 0.4) is 0 Å². The molecule has 1 amide bonds. The number of rotatable bonds is 26. The van der Waals surface area contributed by atoms with Gasteiger partial charge in [0.15, 0.2) is 12.6 Å². The Kier molecular flexibility index (Phi) is 24.0. The summed E-state index contributed by atoms with van der Waals surface area (Å²) < 4.78 is 22.4. The van der Waals surface area contributed by atoms with Crippen LogP contribution in [0, 0.1) is 0 Å². The number of amides is 1. The minimum Gasteiger partial charge on any atom is -0.394 e. The van der Waals surface area contributed by atoms with Gasteiger partial charge in [-0.1, -0.05) is 88.8 Å². The summed E-state index contributed by atoms with van der Waals surface area (Å²) in [6, 6.07) is -0.928. The second-order valence-corrected chi connectivity index (χ2v) is 13.7. The Morgan fingerprint density at radius 3 is 1.96 bits per heavy atom. The molecular weight excluding hydrogens is 678 g/mol. The molecule has 0 saturated carbocycles. The van der Waals surface area contributed by atoms with E-state index in [1.165, 1.54) is 0 Å². The molecule has 2 aliphatic heterocycles. The van der Waals surface area contributed by atoms with E-state index in [0.29, 0.717) is 12.8 Å². The van der Waals surface area contributed by atoms with Crippen molar-refractivity contribution >= 4 is 5.91 Å². The van der Waals surface area contributed by atoms with Gasteiger partial charge < -0.3 is 65.1 Å². The molecule has 0 spiro atoms. The van der Waals surface area contributed by atoms with Crippen molar-refractivity contribution in [2.24, 2.45) is 0 Å². The number of carbonyl (C=O) groups is 1. The summed E-state index contributed by atoms with van der Waals surface area (Å²) >= 11 is 0. The molecule has 52 heavy (non-hydrogen) atoms. The average molecular weight is 746 g/mol. The van der Waals surface area contributed by atoms with Gasteiger partial charge in [-0.3, -0.25) is 4.79 Å². The van der Waals surface area contributed by atoms with Gasteiger partial charge >= 0.3 is 0 Å². The SMILES string of the molecule is CCC/C=C\CCCCCCCC(=O)NC(COC1OC(CO)C(OC2OC(CO)C(O)C(O)C2O)C(O)C1O)C(O)/C=C/CC/C=C/CCCC. The fourth-order valence-corrected chi connectivity index (χ4v) is 6.00. The van der Waals surface area contributed by atoms with E-state index in [0.717, 1.165) is 70.6 Å². The van der Waals surface area contributed by atoms with Crippen molar-refractivity contribution in [2.45, 2.75) is 177 Å². The van der Waals surface area contributed by atoms with E-state index < -0.39 is 86.8 Å². The molecule has 0 bridgehead atoms. The van der Waals surface area contributed by atoms with Crippen molar-refractivity contribution in [3.05, 3.63) is 36.5 Å². The molecule has 0 aromatic rings. The maximum absolute atomic E-state index is 12.9. The molecule has 302 valence electrons. The van der Waals surface area contributed by atoms with Crippen LogP contribution in [0.4, 0.5) is 0 Å². The maximum atomic E-state index is 12.9. The Balaban J connectivity index is 1.99. The summed E-state index contributed by atoms with van der Waals surface area (Å²) in [5.74, 6) is -0.270. The first-order chi connectivity index (χ1) is 25.1. The fraction of sp³-hybridized carbons (Fsp3) is 0.816. The fourth-order valence-electron chi connectivity index (χ4n) is 6.00. The Labute approximate surface area is 309 Å². The predicted molar refractivity (Wildman–Crippen MR) is 194 cm³/mol. The molecule has 12 atom stereocenters. The lowest BCUT2D eigenvalue weighted by atomic mass is 9.97. The largest absolute Gasteiger partial charge is 0.394 e. The molecule has 14 heteroatoms. The highest BCUT2D eigenvalue weighted by atomic mass is 16.7. The maximum Gasteiger partial charge on any atom is 0.220 e. The molecule has 0 aromatic heterocycles. The number of aliphatic hydroxyl groups is 8. The average Bonchev–Trinajstić information content (AvgIpc) is 3.14. The van der Waals surface area contributed by atoms with Crippen molar-refractivity contribution in [3.63, 3.8) is 0 Å². The molecule has 2 heterocycles. The van der Waals surface area contributed by atoms with Gasteiger partial charge in [0.25, 0.3) is 0 Å². The lowest BCUT2D eigenvalue weighted by Crippen LogP contribution is -2.65. The van der Waals surface area contributed by atoms with Crippen LogP contribution in [0.1, 0.15) is 104 Å². The van der Waals surface area contributed by atoms with Crippen LogP contribution in [0.2, 0.25) is 0 Å². The van der Waals surface area contributed by atoms with Gasteiger partial charge in [-0.05, 0) is 44.9 Å². The van der Waals surface area contributed by atoms with Gasteiger partial charge in [0.2, 0.25) is 5.91 Å². The summed E-state index contributed by atoms with van der Waals surface area (Å²) in [4.78, 5) is 12.9. The lowest BCUT2D eigenvalue weighted by Gasteiger charge is -2.46. The van der Waals surface area contributed by atoms with Crippen molar-refractivity contribution in [1.29, 1.82) is 0 Å². The highest BCUT2D eigenvalue weighted by molar-refractivity contribution is 5.76. The number of allylic oxidation sites excluding steroid dienone is 5. The van der Waals surface area contributed by atoms with E-state index in [1.54, 1.807) is 6.08 Å². The van der Waals surface area contributed by atoms with Crippen molar-refractivity contribution in [3.8, 4) is 0 Å². The zero-order valence-electron chi connectivity index (χ0n) is 31.0. The molecule has 0 radical (unpaired) electrons. The molecule has 9 N–H and O–H groups in total. The third-order valence-electron chi connectivity index (χ3n) is 9.28. The quantitative estimate of drug-likeness (QED) is 0.0454. The topological polar surface area (TPSA) is 228 Å². The number of hydrogen-bond donors (Lipinski definition) is 9. The minimum absolute atomic E-state index is 0.261. The molecule has 0 aliphatic carbocycles. The van der Waals surface area contributed by atoms with Gasteiger partial charge in [0.05, 0.1) is 32.0 Å². The van der Waals surface area contributed by atoms with Crippen LogP contribution in [0.5, 0.6) is 0 Å². The third-order valence-corrected chi connectivity index (χ3v) is 9.28. The van der Waals surface area contributed by atoms with Gasteiger partial charge in [0, 0.05) is 6.42 Å². The van der Waals surface area contributed by atoms with Crippen LogP contribution in [-0.2, 0) is 23.7 Å². The number of aliphatic hydroxyl groups excluding tert-OH is 8. The zero-order valence-corrected chi connectivity index (χ0v) is 31.0. The van der Waals surface area contributed by atoms with Gasteiger partial charge in [0.1, 0.15) is 48.8 Å². The van der Waals surface area contributed by atoms with Gasteiger partial charge in [-0.15, -0.1) is 0 Å². The second kappa shape index (κ2) is 26.9. The molecule has 2 saturated heterocycles. The van der Waals surface area contributed by atoms with E-state index in [4.69, 9.17) is 18.9 Å². The lowest BCUT2D eigenvalue weighted by molar-refractivity contribution is -0.359. The van der Waals surface area contributed by atoms with E-state index in [1.807, 2.05) is 6.08 Å². The third kappa shape index (κ3) is 16.3. The number of carbonyl (C=O) groups excluding carboxylic acids is 1.